The SMILES string of the molecule is CC(C)c1cc(N2CCCC(c3cnc4ccccn34)C2)nc(NCCO)n1. The number of pyridine rings is 1. The van der Waals surface area contributed by atoms with Crippen molar-refractivity contribution in [1.29, 1.82) is 0 Å². The lowest BCUT2D eigenvalue weighted by atomic mass is 9.95. The summed E-state index contributed by atoms with van der Waals surface area (Å²) >= 11 is 0. The van der Waals surface area contributed by atoms with Gasteiger partial charge in [-0.1, -0.05) is 19.9 Å². The number of rotatable bonds is 6. The molecule has 0 radical (unpaired) electrons. The Morgan fingerprint density at radius 3 is 3.00 bits per heavy atom. The summed E-state index contributed by atoms with van der Waals surface area (Å²) in [6, 6.07) is 8.22. The molecule has 3 aromatic heterocycles. The first-order valence-electron chi connectivity index (χ1n) is 10.1. The molecule has 0 spiro atoms. The summed E-state index contributed by atoms with van der Waals surface area (Å²) in [5.41, 5.74) is 3.27. The second-order valence-corrected chi connectivity index (χ2v) is 7.68. The fraction of sp³-hybridized carbons (Fsp3) is 0.476. The molecule has 0 saturated carbocycles. The smallest absolute Gasteiger partial charge is 0.224 e. The third-order valence-electron chi connectivity index (χ3n) is 5.33. The molecule has 1 aliphatic heterocycles. The van der Waals surface area contributed by atoms with Gasteiger partial charge in [-0.25, -0.2) is 9.97 Å². The van der Waals surface area contributed by atoms with E-state index in [1.807, 2.05) is 18.3 Å². The first kappa shape index (κ1) is 18.7. The number of anilines is 2. The number of hydrogen-bond donors (Lipinski definition) is 2. The average Bonchev–Trinajstić information content (AvgIpc) is 3.16. The first-order chi connectivity index (χ1) is 13.7. The van der Waals surface area contributed by atoms with Crippen molar-refractivity contribution in [3.63, 3.8) is 0 Å². The van der Waals surface area contributed by atoms with Crippen LogP contribution in [0.1, 0.15) is 49.9 Å². The van der Waals surface area contributed by atoms with Gasteiger partial charge in [-0.3, -0.25) is 0 Å². The normalized spacial score (nSPS) is 17.4. The summed E-state index contributed by atoms with van der Waals surface area (Å²) in [6.07, 6.45) is 6.37. The molecule has 1 atom stereocenters. The summed E-state index contributed by atoms with van der Waals surface area (Å²) in [5.74, 6) is 2.28. The van der Waals surface area contributed by atoms with E-state index in [-0.39, 0.29) is 6.61 Å². The Morgan fingerprint density at radius 1 is 1.29 bits per heavy atom. The summed E-state index contributed by atoms with van der Waals surface area (Å²) in [6.45, 7) is 6.69. The molecule has 1 unspecified atom stereocenters. The van der Waals surface area contributed by atoms with Gasteiger partial charge in [0.05, 0.1) is 12.3 Å². The molecular weight excluding hydrogens is 352 g/mol. The van der Waals surface area contributed by atoms with Gasteiger partial charge in [0.1, 0.15) is 11.5 Å². The Hall–Kier alpha value is -2.67. The van der Waals surface area contributed by atoms with E-state index in [1.54, 1.807) is 0 Å². The molecule has 7 nitrogen and oxygen atoms in total. The summed E-state index contributed by atoms with van der Waals surface area (Å²) in [5, 5.41) is 12.2. The monoisotopic (exact) mass is 380 g/mol. The molecule has 0 bridgehead atoms. The van der Waals surface area contributed by atoms with Crippen molar-refractivity contribution < 1.29 is 5.11 Å². The first-order valence-corrected chi connectivity index (χ1v) is 10.1. The third-order valence-corrected chi connectivity index (χ3v) is 5.33. The van der Waals surface area contributed by atoms with Crippen molar-refractivity contribution in [3.8, 4) is 0 Å². The molecule has 2 N–H and O–H groups in total. The number of hydrogen-bond acceptors (Lipinski definition) is 6. The average molecular weight is 380 g/mol. The lowest BCUT2D eigenvalue weighted by Crippen LogP contribution is -2.35. The maximum Gasteiger partial charge on any atom is 0.224 e. The molecule has 0 amide bonds. The number of aliphatic hydroxyl groups is 1. The van der Waals surface area contributed by atoms with Crippen LogP contribution in [0.2, 0.25) is 0 Å². The molecule has 4 rings (SSSR count). The second kappa shape index (κ2) is 8.14. The van der Waals surface area contributed by atoms with E-state index < -0.39 is 0 Å². The maximum atomic E-state index is 9.11. The summed E-state index contributed by atoms with van der Waals surface area (Å²) in [4.78, 5) is 16.2. The molecule has 1 fully saturated rings. The number of piperidine rings is 1. The molecule has 3 aromatic rings. The van der Waals surface area contributed by atoms with Gasteiger partial charge in [-0.05, 0) is 30.9 Å². The van der Waals surface area contributed by atoms with Gasteiger partial charge >= 0.3 is 0 Å². The van der Waals surface area contributed by atoms with Gasteiger partial charge in [0.25, 0.3) is 0 Å². The van der Waals surface area contributed by atoms with Crippen molar-refractivity contribution in [3.05, 3.63) is 48.0 Å². The zero-order valence-corrected chi connectivity index (χ0v) is 16.5. The number of nitrogens with one attached hydrogen (secondary N) is 1. The largest absolute Gasteiger partial charge is 0.395 e. The Balaban J connectivity index is 1.61. The van der Waals surface area contributed by atoms with Crippen LogP contribution in [0.15, 0.2) is 36.7 Å². The van der Waals surface area contributed by atoms with E-state index in [1.165, 1.54) is 5.69 Å². The Labute approximate surface area is 165 Å². The van der Waals surface area contributed by atoms with Crippen LogP contribution in [0, 0.1) is 0 Å². The van der Waals surface area contributed by atoms with E-state index in [9.17, 15) is 0 Å². The maximum absolute atomic E-state index is 9.11. The van der Waals surface area contributed by atoms with E-state index in [0.717, 1.165) is 43.1 Å². The molecule has 0 aliphatic carbocycles. The van der Waals surface area contributed by atoms with E-state index >= 15 is 0 Å². The molecule has 7 heteroatoms. The molecule has 1 aliphatic rings. The van der Waals surface area contributed by atoms with Crippen molar-refractivity contribution in [1.82, 2.24) is 19.4 Å². The summed E-state index contributed by atoms with van der Waals surface area (Å²) in [7, 11) is 0. The Kier molecular flexibility index (Phi) is 5.43. The fourth-order valence-electron chi connectivity index (χ4n) is 3.84. The molecule has 148 valence electrons. The minimum absolute atomic E-state index is 0.0602. The van der Waals surface area contributed by atoms with Crippen LogP contribution in [0.3, 0.4) is 0 Å². The topological polar surface area (TPSA) is 78.6 Å². The zero-order chi connectivity index (χ0) is 19.5. The Bertz CT molecular complexity index is 938. The van der Waals surface area contributed by atoms with Crippen molar-refractivity contribution in [2.75, 3.05) is 36.5 Å². The van der Waals surface area contributed by atoms with Gasteiger partial charge in [-0.15, -0.1) is 0 Å². The quantitative estimate of drug-likeness (QED) is 0.684. The highest BCUT2D eigenvalue weighted by Crippen LogP contribution is 2.31. The highest BCUT2D eigenvalue weighted by molar-refractivity contribution is 5.47. The number of aliphatic hydroxyl groups excluding tert-OH is 1. The van der Waals surface area contributed by atoms with Gasteiger partial charge in [0.15, 0.2) is 0 Å². The minimum atomic E-state index is 0.0602. The third kappa shape index (κ3) is 3.80. The van der Waals surface area contributed by atoms with Crippen LogP contribution in [-0.4, -0.2) is 50.7 Å². The van der Waals surface area contributed by atoms with Crippen molar-refractivity contribution >= 4 is 17.4 Å². The zero-order valence-electron chi connectivity index (χ0n) is 16.5. The highest BCUT2D eigenvalue weighted by Gasteiger charge is 2.25. The molecule has 0 aromatic carbocycles. The van der Waals surface area contributed by atoms with Gasteiger partial charge in [-0.2, -0.15) is 4.98 Å². The molecule has 4 heterocycles. The van der Waals surface area contributed by atoms with E-state index in [4.69, 9.17) is 10.1 Å². The summed E-state index contributed by atoms with van der Waals surface area (Å²) < 4.78 is 2.20. The minimum Gasteiger partial charge on any atom is -0.395 e. The number of fused-ring (bicyclic) bond motifs is 1. The van der Waals surface area contributed by atoms with Crippen LogP contribution >= 0.6 is 0 Å². The van der Waals surface area contributed by atoms with Crippen LogP contribution in [0.5, 0.6) is 0 Å². The number of aromatic nitrogens is 4. The van der Waals surface area contributed by atoms with E-state index in [0.29, 0.717) is 24.3 Å². The standard InChI is InChI=1S/C21H28N6O/c1-15(2)17-12-20(25-21(24-17)22-8-11-28)26-9-5-6-16(14-26)18-13-23-19-7-3-4-10-27(18)19/h3-4,7,10,12-13,15-16,28H,5-6,8-9,11,14H2,1-2H3,(H,22,24,25). The van der Waals surface area contributed by atoms with Crippen molar-refractivity contribution in [2.45, 2.75) is 38.5 Å². The van der Waals surface area contributed by atoms with E-state index in [2.05, 4.69) is 56.8 Å². The van der Waals surface area contributed by atoms with Crippen LogP contribution in [-0.2, 0) is 0 Å². The van der Waals surface area contributed by atoms with Gasteiger partial charge < -0.3 is 19.7 Å². The van der Waals surface area contributed by atoms with Gasteiger partial charge in [0.2, 0.25) is 5.95 Å². The predicted molar refractivity (Wildman–Crippen MR) is 111 cm³/mol. The fourth-order valence-corrected chi connectivity index (χ4v) is 3.84. The van der Waals surface area contributed by atoms with Gasteiger partial charge in [0, 0.05) is 49.7 Å². The highest BCUT2D eigenvalue weighted by atomic mass is 16.3. The lowest BCUT2D eigenvalue weighted by Gasteiger charge is -2.34. The number of imidazole rings is 1. The molecule has 28 heavy (non-hydrogen) atoms. The van der Waals surface area contributed by atoms with Crippen LogP contribution in [0.4, 0.5) is 11.8 Å². The molecule has 1 saturated heterocycles. The predicted octanol–water partition coefficient (Wildman–Crippen LogP) is 3.04. The van der Waals surface area contributed by atoms with Crippen LogP contribution in [0.25, 0.3) is 5.65 Å². The Morgan fingerprint density at radius 2 is 2.18 bits per heavy atom. The van der Waals surface area contributed by atoms with Crippen LogP contribution < -0.4 is 10.2 Å². The second-order valence-electron chi connectivity index (χ2n) is 7.68. The lowest BCUT2D eigenvalue weighted by molar-refractivity contribution is 0.310. The van der Waals surface area contributed by atoms with Crippen molar-refractivity contribution in [2.24, 2.45) is 0 Å². The number of nitrogens with zero attached hydrogens (tertiary/aromatic N) is 5. The molecular formula is C21H28N6O.